The first-order chi connectivity index (χ1) is 10.7. The molecular weight excluding hydrogens is 276 g/mol. The molecule has 1 aromatic carbocycles. The van der Waals surface area contributed by atoms with Gasteiger partial charge in [-0.05, 0) is 30.2 Å². The zero-order valence-corrected chi connectivity index (χ0v) is 12.0. The van der Waals surface area contributed by atoms with Crippen LogP contribution in [-0.4, -0.2) is 22.8 Å². The highest BCUT2D eigenvalue weighted by Gasteiger charge is 2.19. The molecule has 1 unspecified atom stereocenters. The molecule has 0 radical (unpaired) electrons. The minimum Gasteiger partial charge on any atom is -0.507 e. The normalized spacial score (nSPS) is 17.6. The number of nitrogens with one attached hydrogen (secondary N) is 1. The highest BCUT2D eigenvalue weighted by atomic mass is 16.3. The van der Waals surface area contributed by atoms with Crippen LogP contribution in [0.2, 0.25) is 0 Å². The lowest BCUT2D eigenvalue weighted by Crippen LogP contribution is -2.41. The summed E-state index contributed by atoms with van der Waals surface area (Å²) in [7, 11) is 0. The number of pyridine rings is 1. The van der Waals surface area contributed by atoms with Crippen LogP contribution < -0.4 is 11.1 Å². The predicted octanol–water partition coefficient (Wildman–Crippen LogP) is 1.99. The lowest BCUT2D eigenvalue weighted by atomic mass is 9.95. The third kappa shape index (κ3) is 2.58. The average molecular weight is 292 g/mol. The van der Waals surface area contributed by atoms with Gasteiger partial charge in [-0.25, -0.2) is 0 Å². The molecule has 0 spiro atoms. The molecule has 2 aromatic rings. The van der Waals surface area contributed by atoms with Crippen LogP contribution in [0, 0.1) is 11.3 Å². The molecule has 3 rings (SSSR count). The van der Waals surface area contributed by atoms with Gasteiger partial charge in [0.2, 0.25) is 0 Å². The van der Waals surface area contributed by atoms with Crippen LogP contribution in [0.25, 0.3) is 16.8 Å². The second kappa shape index (κ2) is 5.98. The summed E-state index contributed by atoms with van der Waals surface area (Å²) < 4.78 is 0. The molecule has 0 amide bonds. The van der Waals surface area contributed by atoms with Crippen LogP contribution in [-0.2, 0) is 0 Å². The smallest absolute Gasteiger partial charge is 0.124 e. The Morgan fingerprint density at radius 1 is 1.32 bits per heavy atom. The molecule has 0 aliphatic carbocycles. The van der Waals surface area contributed by atoms with Crippen molar-refractivity contribution in [3.8, 4) is 23.1 Å². The van der Waals surface area contributed by atoms with Crippen molar-refractivity contribution in [2.75, 3.05) is 6.54 Å². The molecule has 5 heteroatoms. The summed E-state index contributed by atoms with van der Waals surface area (Å²) in [6, 6.07) is 11.0. The van der Waals surface area contributed by atoms with E-state index < -0.39 is 0 Å². The third-order valence-corrected chi connectivity index (χ3v) is 3.72. The van der Waals surface area contributed by atoms with Crippen molar-refractivity contribution in [3.63, 3.8) is 0 Å². The average Bonchev–Trinajstić information content (AvgIpc) is 2.55. The Bertz CT molecular complexity index is 776. The van der Waals surface area contributed by atoms with E-state index in [2.05, 4.69) is 16.4 Å². The second-order valence-corrected chi connectivity index (χ2v) is 5.12. The van der Waals surface area contributed by atoms with E-state index in [4.69, 9.17) is 5.73 Å². The topological polar surface area (TPSA) is 95.0 Å². The molecule has 0 fully saturated rings. The Morgan fingerprint density at radius 3 is 2.86 bits per heavy atom. The Morgan fingerprint density at radius 2 is 2.14 bits per heavy atom. The molecule has 0 saturated heterocycles. The van der Waals surface area contributed by atoms with Gasteiger partial charge < -0.3 is 10.8 Å². The van der Waals surface area contributed by atoms with Crippen molar-refractivity contribution < 1.29 is 5.11 Å². The van der Waals surface area contributed by atoms with Crippen molar-refractivity contribution in [2.45, 2.75) is 12.6 Å². The zero-order chi connectivity index (χ0) is 15.5. The number of rotatable bonds is 2. The van der Waals surface area contributed by atoms with E-state index in [9.17, 15) is 10.4 Å². The fraction of sp³-hybridized carbons (Fsp3) is 0.176. The van der Waals surface area contributed by atoms with Gasteiger partial charge in [-0.1, -0.05) is 18.2 Å². The van der Waals surface area contributed by atoms with Crippen molar-refractivity contribution >= 4 is 5.57 Å². The number of para-hydroxylation sites is 1. The lowest BCUT2D eigenvalue weighted by molar-refractivity contribution is 0.477. The molecule has 0 saturated carbocycles. The lowest BCUT2D eigenvalue weighted by Gasteiger charge is -2.23. The number of nitrogens with two attached hydrogens (primary N) is 1. The minimum atomic E-state index is -0.305. The highest BCUT2D eigenvalue weighted by molar-refractivity contribution is 5.78. The maximum Gasteiger partial charge on any atom is 0.124 e. The van der Waals surface area contributed by atoms with Crippen LogP contribution in [0.5, 0.6) is 5.75 Å². The Hall–Kier alpha value is -2.68. The van der Waals surface area contributed by atoms with Crippen LogP contribution in [0.3, 0.4) is 0 Å². The maximum atomic E-state index is 9.99. The first-order valence-electron chi connectivity index (χ1n) is 7.08. The van der Waals surface area contributed by atoms with Crippen molar-refractivity contribution in [1.29, 1.82) is 5.26 Å². The number of nitriles is 1. The Kier molecular flexibility index (Phi) is 3.88. The van der Waals surface area contributed by atoms with Crippen LogP contribution in [0.1, 0.15) is 17.5 Å². The van der Waals surface area contributed by atoms with E-state index in [-0.39, 0.29) is 11.9 Å². The fourth-order valence-electron chi connectivity index (χ4n) is 2.60. The van der Waals surface area contributed by atoms with Crippen LogP contribution in [0.4, 0.5) is 0 Å². The molecule has 1 atom stereocenters. The Balaban J connectivity index is 2.14. The number of benzene rings is 1. The largest absolute Gasteiger partial charge is 0.507 e. The second-order valence-electron chi connectivity index (χ2n) is 5.12. The van der Waals surface area contributed by atoms with Gasteiger partial charge in [-0.15, -0.1) is 0 Å². The van der Waals surface area contributed by atoms with E-state index in [0.29, 0.717) is 16.8 Å². The van der Waals surface area contributed by atoms with Gasteiger partial charge in [0.1, 0.15) is 11.8 Å². The molecule has 1 aliphatic heterocycles. The SMILES string of the molecule is N#Cc1cnc(-c2ccccc2O)cc1C1=CCCNC1N. The van der Waals surface area contributed by atoms with Gasteiger partial charge in [-0.2, -0.15) is 5.26 Å². The number of aromatic hydroxyl groups is 1. The van der Waals surface area contributed by atoms with Crippen molar-refractivity contribution in [1.82, 2.24) is 10.3 Å². The van der Waals surface area contributed by atoms with Gasteiger partial charge in [0, 0.05) is 23.9 Å². The third-order valence-electron chi connectivity index (χ3n) is 3.72. The number of phenols is 1. The summed E-state index contributed by atoms with van der Waals surface area (Å²) in [6.45, 7) is 0.823. The predicted molar refractivity (Wildman–Crippen MR) is 84.6 cm³/mol. The van der Waals surface area contributed by atoms with Gasteiger partial charge in [0.15, 0.2) is 0 Å². The Labute approximate surface area is 128 Å². The van der Waals surface area contributed by atoms with Gasteiger partial charge in [-0.3, -0.25) is 10.3 Å². The summed E-state index contributed by atoms with van der Waals surface area (Å²) in [5.41, 5.74) is 9.47. The van der Waals surface area contributed by atoms with E-state index in [1.54, 1.807) is 18.2 Å². The van der Waals surface area contributed by atoms with E-state index in [1.165, 1.54) is 6.20 Å². The molecule has 110 valence electrons. The van der Waals surface area contributed by atoms with Gasteiger partial charge in [0.25, 0.3) is 0 Å². The number of phenolic OH excluding ortho intramolecular Hbond substituents is 1. The van der Waals surface area contributed by atoms with Crippen LogP contribution >= 0.6 is 0 Å². The summed E-state index contributed by atoms with van der Waals surface area (Å²) >= 11 is 0. The van der Waals surface area contributed by atoms with Crippen molar-refractivity contribution in [3.05, 3.63) is 53.7 Å². The molecule has 0 bridgehead atoms. The van der Waals surface area contributed by atoms with E-state index >= 15 is 0 Å². The zero-order valence-electron chi connectivity index (χ0n) is 12.0. The maximum absolute atomic E-state index is 9.99. The van der Waals surface area contributed by atoms with Gasteiger partial charge >= 0.3 is 0 Å². The van der Waals surface area contributed by atoms with Crippen LogP contribution in [0.15, 0.2) is 42.6 Å². The van der Waals surface area contributed by atoms with Gasteiger partial charge in [0.05, 0.1) is 17.4 Å². The van der Waals surface area contributed by atoms with Crippen molar-refractivity contribution in [2.24, 2.45) is 5.73 Å². The molecule has 22 heavy (non-hydrogen) atoms. The molecule has 1 aliphatic rings. The fourth-order valence-corrected chi connectivity index (χ4v) is 2.60. The summed E-state index contributed by atoms with van der Waals surface area (Å²) in [5, 5.41) is 22.5. The molecule has 2 heterocycles. The summed E-state index contributed by atoms with van der Waals surface area (Å²) in [4.78, 5) is 4.29. The summed E-state index contributed by atoms with van der Waals surface area (Å²) in [6.07, 6.45) is 4.13. The van der Waals surface area contributed by atoms with E-state index in [1.807, 2.05) is 18.2 Å². The minimum absolute atomic E-state index is 0.158. The molecular formula is C17H16N4O. The molecule has 1 aromatic heterocycles. The quantitative estimate of drug-likeness (QED) is 0.786. The molecule has 5 nitrogen and oxygen atoms in total. The molecule has 4 N–H and O–H groups in total. The van der Waals surface area contributed by atoms with E-state index in [0.717, 1.165) is 24.1 Å². The monoisotopic (exact) mass is 292 g/mol. The first kappa shape index (κ1) is 14.3. The highest BCUT2D eigenvalue weighted by Crippen LogP contribution is 2.31. The number of hydrogen-bond acceptors (Lipinski definition) is 5. The number of nitrogens with zero attached hydrogens (tertiary/aromatic N) is 2. The summed E-state index contributed by atoms with van der Waals surface area (Å²) in [5.74, 6) is 0.158. The number of hydrogen-bond donors (Lipinski definition) is 3. The first-order valence-corrected chi connectivity index (χ1v) is 7.08. The standard InChI is InChI=1S/C17H16N4O/c18-9-11-10-21-15(13-4-1-2-6-16(13)22)8-14(11)12-5-3-7-20-17(12)19/h1-2,4-6,8,10,17,20,22H,3,7,19H2. The number of aromatic nitrogens is 1.